The van der Waals surface area contributed by atoms with Gasteiger partial charge in [-0.3, -0.25) is 29.4 Å². The van der Waals surface area contributed by atoms with E-state index < -0.39 is 34.9 Å². The summed E-state index contributed by atoms with van der Waals surface area (Å²) in [6, 6.07) is 10.9. The number of carbonyl (C=O) groups excluding carboxylic acids is 3. The topological polar surface area (TPSA) is 127 Å². The minimum Gasteiger partial charge on any atom is -0.356 e. The van der Waals surface area contributed by atoms with Crippen LogP contribution < -0.4 is 0 Å². The number of halogens is 1. The molecule has 3 amide bonds. The Morgan fingerprint density at radius 3 is 2.64 bits per heavy atom. The molecule has 0 bridgehead atoms. The maximum Gasteiger partial charge on any atom is 0.282 e. The molecule has 11 heteroatoms. The zero-order valence-corrected chi connectivity index (χ0v) is 17.7. The molecule has 0 fully saturated rings. The quantitative estimate of drug-likeness (QED) is 0.328. The lowest BCUT2D eigenvalue weighted by Gasteiger charge is -2.28. The Morgan fingerprint density at radius 2 is 1.91 bits per heavy atom. The number of hydrogen-bond donors (Lipinski definition) is 0. The van der Waals surface area contributed by atoms with Gasteiger partial charge in [0.25, 0.3) is 17.5 Å². The van der Waals surface area contributed by atoms with Crippen LogP contribution in [0.1, 0.15) is 32.0 Å². The molecular formula is C22H15ClN4O6. The number of aromatic nitrogens is 1. The molecular weight excluding hydrogens is 452 g/mol. The molecule has 3 heterocycles. The Balaban J connectivity index is 1.36. The monoisotopic (exact) mass is 466 g/mol. The summed E-state index contributed by atoms with van der Waals surface area (Å²) in [6.45, 7) is 0.0150. The van der Waals surface area contributed by atoms with Crippen LogP contribution >= 0.6 is 11.6 Å². The van der Waals surface area contributed by atoms with Crippen LogP contribution in [0.3, 0.4) is 0 Å². The zero-order valence-electron chi connectivity index (χ0n) is 17.0. The summed E-state index contributed by atoms with van der Waals surface area (Å²) in [5, 5.41) is 15.9. The maximum atomic E-state index is 13.0. The molecule has 0 N–H and O–H groups in total. The first kappa shape index (κ1) is 20.8. The molecule has 0 spiro atoms. The second-order valence-corrected chi connectivity index (χ2v) is 8.10. The number of fused-ring (bicyclic) bond motifs is 2. The van der Waals surface area contributed by atoms with Crippen molar-refractivity contribution in [2.75, 3.05) is 13.1 Å². The van der Waals surface area contributed by atoms with E-state index in [4.69, 9.17) is 16.1 Å². The number of rotatable bonds is 4. The average Bonchev–Trinajstić information content (AvgIpc) is 3.34. The van der Waals surface area contributed by atoms with Gasteiger partial charge in [0, 0.05) is 35.2 Å². The van der Waals surface area contributed by atoms with E-state index in [0.717, 1.165) is 27.8 Å². The van der Waals surface area contributed by atoms with Gasteiger partial charge >= 0.3 is 0 Å². The number of benzene rings is 2. The molecule has 2 aliphatic heterocycles. The number of nitro groups is 1. The molecule has 0 unspecified atom stereocenters. The smallest absolute Gasteiger partial charge is 0.282 e. The van der Waals surface area contributed by atoms with Gasteiger partial charge in [0.05, 0.1) is 22.7 Å². The van der Waals surface area contributed by atoms with E-state index in [0.29, 0.717) is 23.7 Å². The van der Waals surface area contributed by atoms with E-state index in [9.17, 15) is 24.5 Å². The molecule has 33 heavy (non-hydrogen) atoms. The summed E-state index contributed by atoms with van der Waals surface area (Å²) in [7, 11) is 0. The van der Waals surface area contributed by atoms with Crippen molar-refractivity contribution in [3.05, 3.63) is 80.0 Å². The van der Waals surface area contributed by atoms with Gasteiger partial charge in [0.2, 0.25) is 5.91 Å². The lowest BCUT2D eigenvalue weighted by Crippen LogP contribution is -2.44. The lowest BCUT2D eigenvalue weighted by molar-refractivity contribution is -0.385. The Hall–Kier alpha value is -4.05. The number of amides is 3. The fourth-order valence-corrected chi connectivity index (χ4v) is 4.23. The van der Waals surface area contributed by atoms with Crippen LogP contribution in [0.25, 0.3) is 11.3 Å². The first-order valence-corrected chi connectivity index (χ1v) is 10.4. The minimum atomic E-state index is -0.847. The third-order valence-corrected chi connectivity index (χ3v) is 6.02. The Morgan fingerprint density at radius 1 is 1.15 bits per heavy atom. The third-order valence-electron chi connectivity index (χ3n) is 5.76. The number of nitro benzene ring substituents is 1. The van der Waals surface area contributed by atoms with Crippen molar-refractivity contribution in [2.45, 2.75) is 13.0 Å². The van der Waals surface area contributed by atoms with Gasteiger partial charge in [0.15, 0.2) is 5.76 Å². The zero-order chi connectivity index (χ0) is 23.3. The van der Waals surface area contributed by atoms with Gasteiger partial charge in [-0.15, -0.1) is 0 Å². The third kappa shape index (κ3) is 3.44. The minimum absolute atomic E-state index is 0.0769. The highest BCUT2D eigenvalue weighted by atomic mass is 35.5. The van der Waals surface area contributed by atoms with Crippen LogP contribution in [-0.4, -0.2) is 50.7 Å². The fraction of sp³-hybridized carbons (Fsp3) is 0.182. The van der Waals surface area contributed by atoms with Crippen LogP contribution in [0.5, 0.6) is 0 Å². The molecule has 0 saturated carbocycles. The molecule has 166 valence electrons. The van der Waals surface area contributed by atoms with Crippen molar-refractivity contribution in [1.29, 1.82) is 0 Å². The van der Waals surface area contributed by atoms with E-state index >= 15 is 0 Å². The van der Waals surface area contributed by atoms with Crippen molar-refractivity contribution in [3.63, 3.8) is 0 Å². The molecule has 3 aromatic rings. The van der Waals surface area contributed by atoms with Crippen molar-refractivity contribution in [2.24, 2.45) is 0 Å². The summed E-state index contributed by atoms with van der Waals surface area (Å²) in [5.41, 5.74) is 1.42. The van der Waals surface area contributed by atoms with Crippen LogP contribution in [-0.2, 0) is 17.8 Å². The summed E-state index contributed by atoms with van der Waals surface area (Å²) in [5.74, 6) is -1.51. The summed E-state index contributed by atoms with van der Waals surface area (Å²) in [4.78, 5) is 51.3. The van der Waals surface area contributed by atoms with Crippen LogP contribution in [0.2, 0.25) is 5.02 Å². The molecule has 5 rings (SSSR count). The predicted octanol–water partition coefficient (Wildman–Crippen LogP) is 3.08. The van der Waals surface area contributed by atoms with E-state index in [2.05, 4.69) is 5.16 Å². The second-order valence-electron chi connectivity index (χ2n) is 7.66. The van der Waals surface area contributed by atoms with Crippen molar-refractivity contribution in [3.8, 4) is 11.3 Å². The van der Waals surface area contributed by atoms with E-state index in [-0.39, 0.29) is 17.7 Å². The molecule has 1 aromatic heterocycles. The number of imide groups is 1. The van der Waals surface area contributed by atoms with Crippen LogP contribution in [0, 0.1) is 10.1 Å². The second kappa shape index (κ2) is 7.82. The van der Waals surface area contributed by atoms with Gasteiger partial charge in [-0.05, 0) is 30.3 Å². The largest absolute Gasteiger partial charge is 0.356 e. The van der Waals surface area contributed by atoms with E-state index in [1.54, 1.807) is 24.3 Å². The normalized spacial score (nSPS) is 14.9. The van der Waals surface area contributed by atoms with Gasteiger partial charge < -0.3 is 9.42 Å². The Bertz CT molecular complexity index is 1330. The average molecular weight is 467 g/mol. The Labute approximate surface area is 191 Å². The molecule has 0 atom stereocenters. The van der Waals surface area contributed by atoms with Gasteiger partial charge in [-0.25, -0.2) is 0 Å². The number of carbonyl (C=O) groups is 3. The first-order valence-electron chi connectivity index (χ1n) is 10.00. The fourth-order valence-electron chi connectivity index (χ4n) is 4.10. The summed E-state index contributed by atoms with van der Waals surface area (Å²) >= 11 is 5.95. The highest BCUT2D eigenvalue weighted by Crippen LogP contribution is 2.33. The van der Waals surface area contributed by atoms with E-state index in [1.165, 1.54) is 17.0 Å². The van der Waals surface area contributed by atoms with Crippen molar-refractivity contribution >= 4 is 35.0 Å². The van der Waals surface area contributed by atoms with Gasteiger partial charge in [0.1, 0.15) is 12.1 Å². The first-order chi connectivity index (χ1) is 15.8. The molecule has 0 saturated heterocycles. The molecule has 2 aromatic carbocycles. The summed E-state index contributed by atoms with van der Waals surface area (Å²) < 4.78 is 5.50. The standard InChI is InChI=1S/C22H15ClN4O6/c23-13-6-4-12(5-7-13)20-15-10-25(9-8-16(15)24-33-20)18(28)11-26-21(29)14-2-1-3-17(27(31)32)19(14)22(26)30/h1-7H,8-11H2. The highest BCUT2D eigenvalue weighted by Gasteiger charge is 2.42. The Kier molecular flexibility index (Phi) is 4.94. The summed E-state index contributed by atoms with van der Waals surface area (Å²) in [6.07, 6.45) is 0.450. The molecule has 0 aliphatic carbocycles. The molecule has 10 nitrogen and oxygen atoms in total. The number of nitrogens with zero attached hydrogens (tertiary/aromatic N) is 4. The maximum absolute atomic E-state index is 13.0. The van der Waals surface area contributed by atoms with Crippen LogP contribution in [0.4, 0.5) is 5.69 Å². The number of hydrogen-bond acceptors (Lipinski definition) is 7. The van der Waals surface area contributed by atoms with Gasteiger partial charge in [-0.2, -0.15) is 0 Å². The molecule has 0 radical (unpaired) electrons. The van der Waals surface area contributed by atoms with Gasteiger partial charge in [-0.1, -0.05) is 22.8 Å². The molecule has 2 aliphatic rings. The van der Waals surface area contributed by atoms with E-state index in [1.807, 2.05) is 0 Å². The van der Waals surface area contributed by atoms with Crippen molar-refractivity contribution < 1.29 is 23.8 Å². The van der Waals surface area contributed by atoms with Crippen LogP contribution in [0.15, 0.2) is 47.0 Å². The van der Waals surface area contributed by atoms with Crippen molar-refractivity contribution in [1.82, 2.24) is 15.0 Å². The SMILES string of the molecule is O=C(CN1C(=O)c2cccc([N+](=O)[O-])c2C1=O)N1CCc2noc(-c3ccc(Cl)cc3)c2C1. The lowest BCUT2D eigenvalue weighted by atomic mass is 10.0. The predicted molar refractivity (Wildman–Crippen MR) is 115 cm³/mol. The highest BCUT2D eigenvalue weighted by molar-refractivity contribution is 6.30.